The van der Waals surface area contributed by atoms with E-state index in [0.29, 0.717) is 0 Å². The first kappa shape index (κ1) is 14.9. The highest BCUT2D eigenvalue weighted by atomic mass is 15.3. The maximum Gasteiger partial charge on any atom is 0.392 e. The van der Waals surface area contributed by atoms with Crippen molar-refractivity contribution in [2.75, 3.05) is 35.8 Å². The molecule has 0 N–H and O–H groups in total. The molecule has 0 atom stereocenters. The van der Waals surface area contributed by atoms with Crippen LogP contribution in [0.5, 0.6) is 0 Å². The zero-order valence-corrected chi connectivity index (χ0v) is 13.4. The van der Waals surface area contributed by atoms with Gasteiger partial charge >= 0.3 is 15.1 Å². The number of rotatable bonds is 4. The van der Waals surface area contributed by atoms with Crippen LogP contribution in [0.15, 0.2) is 61.2 Å². The molecule has 0 unspecified atom stereocenters. The molecule has 0 amide bonds. The Labute approximate surface area is 144 Å². The van der Waals surface area contributed by atoms with E-state index in [1.165, 1.54) is 0 Å². The fourth-order valence-electron chi connectivity index (χ4n) is 2.83. The third kappa shape index (κ3) is 3.32. The molecule has 0 bridgehead atoms. The van der Waals surface area contributed by atoms with Crippen molar-refractivity contribution in [1.82, 2.24) is 19.6 Å². The molecule has 4 rings (SSSR count). The van der Waals surface area contributed by atoms with Crippen molar-refractivity contribution in [3.63, 3.8) is 0 Å². The van der Waals surface area contributed by atoms with Crippen molar-refractivity contribution in [2.45, 2.75) is 0 Å². The fraction of sp³-hybridized carbons (Fsp3) is 0.250. The quantitative estimate of drug-likeness (QED) is 0.783. The summed E-state index contributed by atoms with van der Waals surface area (Å²) in [7, 11) is 4.21. The molecule has 8 heteroatoms. The molecule has 2 fully saturated rings. The molecule has 2 radical (unpaired) electrons. The average molecular weight is 316 g/mol. The lowest BCUT2D eigenvalue weighted by Crippen LogP contribution is -2.29. The van der Waals surface area contributed by atoms with Gasteiger partial charge < -0.3 is 19.2 Å². The second kappa shape index (κ2) is 6.86. The second-order valence-electron chi connectivity index (χ2n) is 5.77. The lowest BCUT2D eigenvalue weighted by atomic mass is 10.1. The van der Waals surface area contributed by atoms with Crippen LogP contribution in [0.3, 0.4) is 0 Å². The molecule has 0 aliphatic carbocycles. The Kier molecular flexibility index (Phi) is 4.27. The molecule has 4 heterocycles. The maximum atomic E-state index is 4.39. The van der Waals surface area contributed by atoms with Crippen molar-refractivity contribution in [3.05, 3.63) is 61.2 Å². The summed E-state index contributed by atoms with van der Waals surface area (Å²) in [5.74, 6) is 1.98. The molecule has 6 nitrogen and oxygen atoms in total. The fourth-order valence-corrected chi connectivity index (χ4v) is 2.83. The van der Waals surface area contributed by atoms with E-state index < -0.39 is 0 Å². The number of aromatic nitrogens is 2. The van der Waals surface area contributed by atoms with Crippen molar-refractivity contribution in [1.29, 1.82) is 0 Å². The predicted octanol–water partition coefficient (Wildman–Crippen LogP) is 0.960. The monoisotopic (exact) mass is 316 g/mol. The second-order valence-corrected chi connectivity index (χ2v) is 5.77. The van der Waals surface area contributed by atoms with Crippen LogP contribution < -0.4 is 9.62 Å². The number of pyridine rings is 2. The minimum Gasteiger partial charge on any atom is -0.402 e. The summed E-state index contributed by atoms with van der Waals surface area (Å²) in [4.78, 5) is 17.5. The van der Waals surface area contributed by atoms with E-state index in [4.69, 9.17) is 0 Å². The summed E-state index contributed by atoms with van der Waals surface area (Å²) >= 11 is 0. The molecule has 118 valence electrons. The number of hydrogen-bond donors (Lipinski definition) is 0. The minimum atomic E-state index is 0.950. The Bertz CT molecular complexity index is 624. The first-order chi connectivity index (χ1) is 11.9. The molecule has 2 aliphatic rings. The van der Waals surface area contributed by atoms with Gasteiger partial charge in [0.15, 0.2) is 0 Å². The normalized spacial score (nSPS) is 17.5. The molecule has 2 aromatic rings. The van der Waals surface area contributed by atoms with E-state index in [9.17, 15) is 0 Å². The minimum absolute atomic E-state index is 0.950. The van der Waals surface area contributed by atoms with Gasteiger partial charge in [-0.25, -0.2) is 9.97 Å². The number of nitrogens with zero attached hydrogens (tertiary/aromatic N) is 6. The van der Waals surface area contributed by atoms with Crippen LogP contribution in [0, 0.1) is 0 Å². The van der Waals surface area contributed by atoms with Crippen LogP contribution in [0.4, 0.5) is 11.6 Å². The van der Waals surface area contributed by atoms with Gasteiger partial charge in [0.25, 0.3) is 0 Å². The van der Waals surface area contributed by atoms with Gasteiger partial charge in [-0.15, -0.1) is 0 Å². The van der Waals surface area contributed by atoms with Crippen molar-refractivity contribution < 1.29 is 0 Å². The highest BCUT2D eigenvalue weighted by molar-refractivity contribution is 6.40. The number of hydrogen-bond acceptors (Lipinski definition) is 6. The Morgan fingerprint density at radius 1 is 0.708 bits per heavy atom. The molecule has 2 aromatic heterocycles. The van der Waals surface area contributed by atoms with Crippen molar-refractivity contribution in [2.24, 2.45) is 0 Å². The molecule has 2 saturated heterocycles. The van der Waals surface area contributed by atoms with Crippen LogP contribution >= 0.6 is 0 Å². The van der Waals surface area contributed by atoms with E-state index in [1.807, 2.05) is 48.8 Å². The Morgan fingerprint density at radius 3 is 1.62 bits per heavy atom. The largest absolute Gasteiger partial charge is 0.402 e. The van der Waals surface area contributed by atoms with E-state index in [-0.39, 0.29) is 0 Å². The first-order valence-electron chi connectivity index (χ1n) is 8.14. The Hall–Kier alpha value is -2.63. The van der Waals surface area contributed by atoms with Crippen molar-refractivity contribution in [3.8, 4) is 0 Å². The summed E-state index contributed by atoms with van der Waals surface area (Å²) in [6.07, 6.45) is 7.88. The number of anilines is 2. The van der Waals surface area contributed by atoms with Gasteiger partial charge in [-0.3, -0.25) is 0 Å². The van der Waals surface area contributed by atoms with E-state index in [1.54, 1.807) is 0 Å². The van der Waals surface area contributed by atoms with Gasteiger partial charge in [0.2, 0.25) is 0 Å². The van der Waals surface area contributed by atoms with Crippen molar-refractivity contribution >= 4 is 26.7 Å². The van der Waals surface area contributed by atoms with E-state index >= 15 is 0 Å². The summed E-state index contributed by atoms with van der Waals surface area (Å²) < 4.78 is 0. The molecule has 0 saturated carbocycles. The maximum absolute atomic E-state index is 4.39. The van der Waals surface area contributed by atoms with Crippen LogP contribution in [-0.2, 0) is 0 Å². The molecule has 24 heavy (non-hydrogen) atoms. The topological polar surface area (TPSA) is 38.7 Å². The van der Waals surface area contributed by atoms with Gasteiger partial charge in [0, 0.05) is 51.0 Å². The summed E-state index contributed by atoms with van der Waals surface area (Å²) in [6, 6.07) is 12.0. The lowest BCUT2D eigenvalue weighted by Gasteiger charge is -2.17. The summed E-state index contributed by atoms with van der Waals surface area (Å²) in [5, 5.41) is 0. The highest BCUT2D eigenvalue weighted by Gasteiger charge is 2.24. The van der Waals surface area contributed by atoms with Crippen LogP contribution in [0.25, 0.3) is 0 Å². The standard InChI is InChI=1S/C16H18B2N6/c1-3-7-19-15(5-1)23-13-11-21(17-23)9-10-22-12-14-24(18-22)16-6-2-4-8-20-16/h1-10H,11-14H2. The smallest absolute Gasteiger partial charge is 0.392 e. The Balaban J connectivity index is 1.31. The van der Waals surface area contributed by atoms with E-state index in [0.717, 1.165) is 37.8 Å². The molecular weight excluding hydrogens is 298 g/mol. The highest BCUT2D eigenvalue weighted by Crippen LogP contribution is 2.15. The zero-order valence-electron chi connectivity index (χ0n) is 13.4. The van der Waals surface area contributed by atoms with Gasteiger partial charge in [0.05, 0.1) is 0 Å². The van der Waals surface area contributed by atoms with Gasteiger partial charge in [-0.05, 0) is 24.3 Å². The lowest BCUT2D eigenvalue weighted by molar-refractivity contribution is 0.597. The van der Waals surface area contributed by atoms with Crippen LogP contribution in [-0.4, -0.2) is 60.9 Å². The van der Waals surface area contributed by atoms with Crippen LogP contribution in [0.1, 0.15) is 0 Å². The van der Waals surface area contributed by atoms with Crippen LogP contribution in [0.2, 0.25) is 0 Å². The van der Waals surface area contributed by atoms with Gasteiger partial charge in [-0.1, -0.05) is 12.1 Å². The zero-order chi connectivity index (χ0) is 16.2. The summed E-state index contributed by atoms with van der Waals surface area (Å²) in [6.45, 7) is 3.83. The third-order valence-electron chi connectivity index (χ3n) is 4.11. The van der Waals surface area contributed by atoms with Gasteiger partial charge in [0.1, 0.15) is 11.6 Å². The molecule has 0 spiro atoms. The average Bonchev–Trinajstić information content (AvgIpc) is 3.31. The summed E-state index contributed by atoms with van der Waals surface area (Å²) in [5.41, 5.74) is 0. The Morgan fingerprint density at radius 2 is 1.21 bits per heavy atom. The predicted molar refractivity (Wildman–Crippen MR) is 97.2 cm³/mol. The van der Waals surface area contributed by atoms with Gasteiger partial charge in [-0.2, -0.15) is 0 Å². The third-order valence-corrected chi connectivity index (χ3v) is 4.11. The molecule has 0 aromatic carbocycles. The first-order valence-corrected chi connectivity index (χ1v) is 8.14. The van der Waals surface area contributed by atoms with E-state index in [2.05, 4.69) is 56.7 Å². The molecule has 2 aliphatic heterocycles. The SMILES string of the molecule is [B]1N(C=CN2[B]N(c3ccccn3)CC2)CCN1c1ccccn1. The molecular formula is C16H18B2N6.